The lowest BCUT2D eigenvalue weighted by atomic mass is 10.0. The average Bonchev–Trinajstić information content (AvgIpc) is 2.81. The highest BCUT2D eigenvalue weighted by atomic mass is 79.9. The molecule has 1 aromatic carbocycles. The van der Waals surface area contributed by atoms with Crippen molar-refractivity contribution >= 4 is 21.9 Å². The summed E-state index contributed by atoms with van der Waals surface area (Å²) in [6.07, 6.45) is 1.53. The summed E-state index contributed by atoms with van der Waals surface area (Å²) in [5, 5.41) is 12.4. The van der Waals surface area contributed by atoms with E-state index in [0.29, 0.717) is 25.5 Å². The van der Waals surface area contributed by atoms with E-state index in [9.17, 15) is 9.90 Å². The molecule has 1 heterocycles. The Labute approximate surface area is 127 Å². The first-order chi connectivity index (χ1) is 9.47. The van der Waals surface area contributed by atoms with Gasteiger partial charge in [0.05, 0.1) is 6.61 Å². The van der Waals surface area contributed by atoms with Gasteiger partial charge in [-0.25, -0.2) is 0 Å². The number of hydrogen-bond donors (Lipinski definition) is 2. The van der Waals surface area contributed by atoms with Gasteiger partial charge in [0.25, 0.3) is 0 Å². The van der Waals surface area contributed by atoms with Crippen molar-refractivity contribution in [2.24, 2.45) is 5.92 Å². The van der Waals surface area contributed by atoms with Crippen LogP contribution in [0.4, 0.5) is 0 Å². The molecule has 0 spiro atoms. The SMILES string of the molecule is CC(C)C[C@H](NCc1cc(Br)cc2c1OCC2)C(=O)O. The highest BCUT2D eigenvalue weighted by molar-refractivity contribution is 9.10. The molecule has 110 valence electrons. The standard InChI is InChI=1S/C15H20BrNO3/c1-9(2)5-13(15(18)19)17-8-11-7-12(16)6-10-3-4-20-14(10)11/h6-7,9,13,17H,3-5,8H2,1-2H3,(H,18,19)/t13-/m0/s1. The Bertz CT molecular complexity index is 502. The topological polar surface area (TPSA) is 58.6 Å². The molecule has 20 heavy (non-hydrogen) atoms. The molecule has 1 aliphatic rings. The summed E-state index contributed by atoms with van der Waals surface area (Å²) in [6, 6.07) is 3.53. The smallest absolute Gasteiger partial charge is 0.320 e. The number of carboxylic acids is 1. The lowest BCUT2D eigenvalue weighted by Crippen LogP contribution is -2.37. The molecule has 0 bridgehead atoms. The molecule has 0 saturated heterocycles. The summed E-state index contributed by atoms with van der Waals surface area (Å²) < 4.78 is 6.66. The number of nitrogens with one attached hydrogen (secondary N) is 1. The van der Waals surface area contributed by atoms with Gasteiger partial charge in [-0.2, -0.15) is 0 Å². The van der Waals surface area contributed by atoms with Gasteiger partial charge in [0.2, 0.25) is 0 Å². The van der Waals surface area contributed by atoms with Crippen LogP contribution in [0.5, 0.6) is 5.75 Å². The van der Waals surface area contributed by atoms with Crippen LogP contribution in [0.2, 0.25) is 0 Å². The van der Waals surface area contributed by atoms with Crippen molar-refractivity contribution in [1.82, 2.24) is 5.32 Å². The molecule has 5 heteroatoms. The van der Waals surface area contributed by atoms with Crippen molar-refractivity contribution < 1.29 is 14.6 Å². The predicted octanol–water partition coefficient (Wildman–Crippen LogP) is 2.97. The molecule has 2 N–H and O–H groups in total. The number of aliphatic carboxylic acids is 1. The monoisotopic (exact) mass is 341 g/mol. The predicted molar refractivity (Wildman–Crippen MR) is 81.1 cm³/mol. The van der Waals surface area contributed by atoms with Crippen molar-refractivity contribution in [3.05, 3.63) is 27.7 Å². The molecule has 2 rings (SSSR count). The van der Waals surface area contributed by atoms with E-state index in [0.717, 1.165) is 22.2 Å². The maximum atomic E-state index is 11.3. The zero-order valence-electron chi connectivity index (χ0n) is 11.8. The molecule has 0 unspecified atom stereocenters. The second-order valence-corrected chi connectivity index (χ2v) is 6.47. The fraction of sp³-hybridized carbons (Fsp3) is 0.533. The van der Waals surface area contributed by atoms with Gasteiger partial charge in [-0.15, -0.1) is 0 Å². The van der Waals surface area contributed by atoms with Gasteiger partial charge >= 0.3 is 5.97 Å². The zero-order chi connectivity index (χ0) is 14.7. The van der Waals surface area contributed by atoms with Crippen molar-refractivity contribution in [2.75, 3.05) is 6.61 Å². The molecule has 0 aliphatic carbocycles. The number of carbonyl (C=O) groups is 1. The van der Waals surface area contributed by atoms with Crippen LogP contribution in [0.25, 0.3) is 0 Å². The molecule has 4 nitrogen and oxygen atoms in total. The normalized spacial score (nSPS) is 15.0. The Balaban J connectivity index is 2.08. The Hall–Kier alpha value is -1.07. The summed E-state index contributed by atoms with van der Waals surface area (Å²) in [4.78, 5) is 11.3. The first-order valence-corrected chi connectivity index (χ1v) is 7.67. The summed E-state index contributed by atoms with van der Waals surface area (Å²) in [5.41, 5.74) is 2.20. The first-order valence-electron chi connectivity index (χ1n) is 6.87. The Morgan fingerprint density at radius 3 is 2.90 bits per heavy atom. The quantitative estimate of drug-likeness (QED) is 0.835. The van der Waals surface area contributed by atoms with Crippen molar-refractivity contribution in [2.45, 2.75) is 39.3 Å². The highest BCUT2D eigenvalue weighted by Crippen LogP contribution is 2.33. The first kappa shape index (κ1) is 15.3. The Kier molecular flexibility index (Phi) is 5.05. The van der Waals surface area contributed by atoms with E-state index in [1.807, 2.05) is 19.9 Å². The van der Waals surface area contributed by atoms with Gasteiger partial charge in [-0.1, -0.05) is 29.8 Å². The van der Waals surface area contributed by atoms with Crippen LogP contribution in [0.1, 0.15) is 31.4 Å². The third kappa shape index (κ3) is 3.73. The second-order valence-electron chi connectivity index (χ2n) is 5.55. The summed E-state index contributed by atoms with van der Waals surface area (Å²) in [7, 11) is 0. The molecule has 1 aliphatic heterocycles. The molecular formula is C15H20BrNO3. The van der Waals surface area contributed by atoms with Gasteiger partial charge in [-0.3, -0.25) is 4.79 Å². The maximum Gasteiger partial charge on any atom is 0.320 e. The van der Waals surface area contributed by atoms with Crippen LogP contribution in [0.3, 0.4) is 0 Å². The number of rotatable bonds is 6. The number of carboxylic acid groups (broad SMARTS) is 1. The number of halogens is 1. The van der Waals surface area contributed by atoms with E-state index < -0.39 is 12.0 Å². The lowest BCUT2D eigenvalue weighted by Gasteiger charge is -2.17. The van der Waals surface area contributed by atoms with Crippen LogP contribution in [-0.4, -0.2) is 23.7 Å². The Morgan fingerprint density at radius 1 is 1.50 bits per heavy atom. The molecule has 0 aromatic heterocycles. The number of ether oxygens (including phenoxy) is 1. The minimum absolute atomic E-state index is 0.341. The molecule has 0 fully saturated rings. The number of hydrogen-bond acceptors (Lipinski definition) is 3. The Morgan fingerprint density at radius 2 is 2.25 bits per heavy atom. The van der Waals surface area contributed by atoms with Crippen LogP contribution in [-0.2, 0) is 17.8 Å². The largest absolute Gasteiger partial charge is 0.493 e. The lowest BCUT2D eigenvalue weighted by molar-refractivity contribution is -0.140. The minimum Gasteiger partial charge on any atom is -0.493 e. The van der Waals surface area contributed by atoms with Gasteiger partial charge in [0, 0.05) is 23.0 Å². The third-order valence-electron chi connectivity index (χ3n) is 3.37. The molecule has 0 saturated carbocycles. The molecular weight excluding hydrogens is 322 g/mol. The van der Waals surface area contributed by atoms with Crippen LogP contribution >= 0.6 is 15.9 Å². The van der Waals surface area contributed by atoms with E-state index in [2.05, 4.69) is 27.3 Å². The van der Waals surface area contributed by atoms with Gasteiger partial charge < -0.3 is 15.2 Å². The van der Waals surface area contributed by atoms with Crippen molar-refractivity contribution in [3.8, 4) is 5.75 Å². The van der Waals surface area contributed by atoms with Crippen LogP contribution in [0.15, 0.2) is 16.6 Å². The van der Waals surface area contributed by atoms with Crippen LogP contribution < -0.4 is 10.1 Å². The number of fused-ring (bicyclic) bond motifs is 1. The van der Waals surface area contributed by atoms with E-state index in [1.54, 1.807) is 0 Å². The third-order valence-corrected chi connectivity index (χ3v) is 3.83. The van der Waals surface area contributed by atoms with E-state index in [4.69, 9.17) is 4.74 Å². The average molecular weight is 342 g/mol. The second kappa shape index (κ2) is 6.59. The number of benzene rings is 1. The molecule has 1 atom stereocenters. The van der Waals surface area contributed by atoms with Crippen molar-refractivity contribution in [3.63, 3.8) is 0 Å². The van der Waals surface area contributed by atoms with Gasteiger partial charge in [0.15, 0.2) is 0 Å². The maximum absolute atomic E-state index is 11.3. The fourth-order valence-electron chi connectivity index (χ4n) is 2.45. The fourth-order valence-corrected chi connectivity index (χ4v) is 3.01. The summed E-state index contributed by atoms with van der Waals surface area (Å²) >= 11 is 3.49. The highest BCUT2D eigenvalue weighted by Gasteiger charge is 2.21. The molecule has 1 aromatic rings. The zero-order valence-corrected chi connectivity index (χ0v) is 13.4. The van der Waals surface area contributed by atoms with Crippen molar-refractivity contribution in [1.29, 1.82) is 0 Å². The van der Waals surface area contributed by atoms with E-state index in [1.165, 1.54) is 5.56 Å². The van der Waals surface area contributed by atoms with E-state index >= 15 is 0 Å². The summed E-state index contributed by atoms with van der Waals surface area (Å²) in [6.45, 7) is 5.26. The minimum atomic E-state index is -0.800. The van der Waals surface area contributed by atoms with Gasteiger partial charge in [-0.05, 0) is 30.0 Å². The van der Waals surface area contributed by atoms with Gasteiger partial charge in [0.1, 0.15) is 11.8 Å². The van der Waals surface area contributed by atoms with Crippen LogP contribution in [0, 0.1) is 5.92 Å². The molecule has 0 amide bonds. The molecule has 0 radical (unpaired) electrons. The summed E-state index contributed by atoms with van der Waals surface area (Å²) in [5.74, 6) is 0.453. The van der Waals surface area contributed by atoms with E-state index in [-0.39, 0.29) is 0 Å².